The summed E-state index contributed by atoms with van der Waals surface area (Å²) >= 11 is 0. The zero-order valence-electron chi connectivity index (χ0n) is 10.4. The Morgan fingerprint density at radius 1 is 1.50 bits per heavy atom. The first-order valence-corrected chi connectivity index (χ1v) is 7.56. The van der Waals surface area contributed by atoms with Gasteiger partial charge in [0.15, 0.2) is 11.6 Å². The van der Waals surface area contributed by atoms with E-state index in [2.05, 4.69) is 15.3 Å². The quantitative estimate of drug-likeness (QED) is 0.886. The van der Waals surface area contributed by atoms with Crippen LogP contribution < -0.4 is 10.2 Å². The van der Waals surface area contributed by atoms with Gasteiger partial charge in [0.25, 0.3) is 0 Å². The third kappa shape index (κ3) is 3.16. The van der Waals surface area contributed by atoms with E-state index < -0.39 is 16.6 Å². The molecule has 0 aromatic carbocycles. The maximum absolute atomic E-state index is 13.7. The molecule has 0 unspecified atom stereocenters. The molecule has 2 rings (SSSR count). The lowest BCUT2D eigenvalue weighted by Crippen LogP contribution is -2.38. The largest absolute Gasteiger partial charge is 0.354 e. The second-order valence-corrected chi connectivity index (χ2v) is 5.82. The van der Waals surface area contributed by atoms with Crippen molar-refractivity contribution >= 4 is 22.6 Å². The monoisotopic (exact) mass is 272 g/mol. The average molecular weight is 272 g/mol. The molecule has 100 valence electrons. The minimum absolute atomic E-state index is 0.306. The summed E-state index contributed by atoms with van der Waals surface area (Å²) in [5, 5.41) is 3.03. The second-order valence-electron chi connectivity index (χ2n) is 4.13. The first kappa shape index (κ1) is 13.2. The van der Waals surface area contributed by atoms with Gasteiger partial charge in [0.1, 0.15) is 0 Å². The molecule has 1 fully saturated rings. The van der Waals surface area contributed by atoms with Gasteiger partial charge in [-0.2, -0.15) is 4.98 Å². The van der Waals surface area contributed by atoms with Crippen molar-refractivity contribution in [2.24, 2.45) is 0 Å². The van der Waals surface area contributed by atoms with Crippen LogP contribution in [0, 0.1) is 5.82 Å². The minimum atomic E-state index is -0.775. The van der Waals surface area contributed by atoms with Crippen molar-refractivity contribution in [3.8, 4) is 0 Å². The van der Waals surface area contributed by atoms with Crippen LogP contribution in [0.3, 0.4) is 0 Å². The van der Waals surface area contributed by atoms with Gasteiger partial charge in [-0.15, -0.1) is 0 Å². The van der Waals surface area contributed by atoms with E-state index in [1.807, 2.05) is 11.8 Å². The molecule has 1 aliphatic heterocycles. The summed E-state index contributed by atoms with van der Waals surface area (Å²) in [6, 6.07) is 0. The van der Waals surface area contributed by atoms with Crippen molar-refractivity contribution in [3.63, 3.8) is 0 Å². The van der Waals surface area contributed by atoms with Crippen LogP contribution in [0.4, 0.5) is 16.2 Å². The number of nitrogens with zero attached hydrogens (tertiary/aromatic N) is 3. The Kier molecular flexibility index (Phi) is 4.46. The molecule has 0 amide bonds. The topological polar surface area (TPSA) is 58.1 Å². The van der Waals surface area contributed by atoms with Gasteiger partial charge in [-0.3, -0.25) is 4.21 Å². The molecule has 2 heterocycles. The normalized spacial score (nSPS) is 16.9. The number of rotatable bonds is 4. The number of nitrogens with one attached hydrogen (secondary N) is 1. The van der Waals surface area contributed by atoms with Gasteiger partial charge >= 0.3 is 0 Å². The predicted molar refractivity (Wildman–Crippen MR) is 70.9 cm³/mol. The lowest BCUT2D eigenvalue weighted by atomic mass is 10.4. The SMILES string of the molecule is CCCNc1ncc(F)c(N2CCS(=O)CC2)n1. The fraction of sp³-hybridized carbons (Fsp3) is 0.636. The van der Waals surface area contributed by atoms with Crippen LogP contribution in [0.2, 0.25) is 0 Å². The molecular formula is C11H17FN4OS. The van der Waals surface area contributed by atoms with Gasteiger partial charge < -0.3 is 10.2 Å². The Morgan fingerprint density at radius 3 is 2.89 bits per heavy atom. The summed E-state index contributed by atoms with van der Waals surface area (Å²) in [5.41, 5.74) is 0. The third-order valence-electron chi connectivity index (χ3n) is 2.74. The van der Waals surface area contributed by atoms with Crippen LogP contribution in [0.25, 0.3) is 0 Å². The summed E-state index contributed by atoms with van der Waals surface area (Å²) in [6.45, 7) is 3.95. The molecular weight excluding hydrogens is 255 g/mol. The lowest BCUT2D eigenvalue weighted by Gasteiger charge is -2.27. The number of anilines is 2. The maximum atomic E-state index is 13.7. The fourth-order valence-electron chi connectivity index (χ4n) is 1.75. The van der Waals surface area contributed by atoms with Crippen molar-refractivity contribution < 1.29 is 8.60 Å². The third-order valence-corrected chi connectivity index (χ3v) is 4.01. The Morgan fingerprint density at radius 2 is 2.22 bits per heavy atom. The van der Waals surface area contributed by atoms with Gasteiger partial charge in [0, 0.05) is 41.9 Å². The predicted octanol–water partition coefficient (Wildman–Crippen LogP) is 1.01. The molecule has 0 spiro atoms. The van der Waals surface area contributed by atoms with Crippen molar-refractivity contribution in [1.29, 1.82) is 0 Å². The smallest absolute Gasteiger partial charge is 0.224 e. The molecule has 0 aliphatic carbocycles. The number of hydrogen-bond donors (Lipinski definition) is 1. The Bertz CT molecular complexity index is 433. The Balaban J connectivity index is 2.12. The molecule has 0 atom stereocenters. The molecule has 1 aromatic heterocycles. The second kappa shape index (κ2) is 6.08. The standard InChI is InChI=1S/C11H17FN4OS/c1-2-3-13-11-14-8-9(12)10(15-11)16-4-6-18(17)7-5-16/h8H,2-7H2,1H3,(H,13,14,15). The Labute approximate surface area is 108 Å². The van der Waals surface area contributed by atoms with Crippen LogP contribution in [0.1, 0.15) is 13.3 Å². The van der Waals surface area contributed by atoms with Crippen molar-refractivity contribution in [3.05, 3.63) is 12.0 Å². The summed E-state index contributed by atoms with van der Waals surface area (Å²) in [6.07, 6.45) is 2.14. The van der Waals surface area contributed by atoms with Crippen LogP contribution in [-0.2, 0) is 10.8 Å². The molecule has 18 heavy (non-hydrogen) atoms. The molecule has 0 bridgehead atoms. The molecule has 7 heteroatoms. The molecule has 0 radical (unpaired) electrons. The number of halogens is 1. The summed E-state index contributed by atoms with van der Waals surface area (Å²) in [5.74, 6) is 1.47. The first-order chi connectivity index (χ1) is 8.70. The van der Waals surface area contributed by atoms with Crippen molar-refractivity contribution in [1.82, 2.24) is 9.97 Å². The van der Waals surface area contributed by atoms with Gasteiger partial charge in [-0.1, -0.05) is 6.92 Å². The molecule has 1 aromatic rings. The number of aromatic nitrogens is 2. The number of hydrogen-bond acceptors (Lipinski definition) is 5. The van der Waals surface area contributed by atoms with E-state index in [9.17, 15) is 8.60 Å². The first-order valence-electron chi connectivity index (χ1n) is 6.07. The van der Waals surface area contributed by atoms with E-state index in [1.165, 1.54) is 6.20 Å². The highest BCUT2D eigenvalue weighted by atomic mass is 32.2. The summed E-state index contributed by atoms with van der Waals surface area (Å²) in [4.78, 5) is 9.92. The van der Waals surface area contributed by atoms with E-state index in [0.717, 1.165) is 13.0 Å². The Hall–Kier alpha value is -1.24. The van der Waals surface area contributed by atoms with Crippen LogP contribution in [0.5, 0.6) is 0 Å². The molecule has 1 saturated heterocycles. The highest BCUT2D eigenvalue weighted by molar-refractivity contribution is 7.85. The molecule has 0 saturated carbocycles. The van der Waals surface area contributed by atoms with E-state index in [1.54, 1.807) is 0 Å². The van der Waals surface area contributed by atoms with Crippen LogP contribution in [0.15, 0.2) is 6.20 Å². The zero-order chi connectivity index (χ0) is 13.0. The van der Waals surface area contributed by atoms with E-state index in [-0.39, 0.29) is 0 Å². The van der Waals surface area contributed by atoms with Gasteiger partial charge in [-0.25, -0.2) is 9.37 Å². The van der Waals surface area contributed by atoms with Gasteiger partial charge in [0.05, 0.1) is 6.20 Å². The van der Waals surface area contributed by atoms with Crippen molar-refractivity contribution in [2.75, 3.05) is 41.4 Å². The van der Waals surface area contributed by atoms with E-state index >= 15 is 0 Å². The zero-order valence-corrected chi connectivity index (χ0v) is 11.2. The van der Waals surface area contributed by atoms with E-state index in [0.29, 0.717) is 36.4 Å². The van der Waals surface area contributed by atoms with Gasteiger partial charge in [0.2, 0.25) is 5.95 Å². The average Bonchev–Trinajstić information content (AvgIpc) is 2.39. The highest BCUT2D eigenvalue weighted by Crippen LogP contribution is 2.18. The van der Waals surface area contributed by atoms with Crippen LogP contribution in [-0.4, -0.2) is 45.3 Å². The molecule has 1 N–H and O–H groups in total. The van der Waals surface area contributed by atoms with Crippen LogP contribution >= 0.6 is 0 Å². The highest BCUT2D eigenvalue weighted by Gasteiger charge is 2.20. The maximum Gasteiger partial charge on any atom is 0.224 e. The van der Waals surface area contributed by atoms with Gasteiger partial charge in [-0.05, 0) is 6.42 Å². The van der Waals surface area contributed by atoms with Crippen molar-refractivity contribution in [2.45, 2.75) is 13.3 Å². The fourth-order valence-corrected chi connectivity index (χ4v) is 2.80. The van der Waals surface area contributed by atoms with E-state index in [4.69, 9.17) is 0 Å². The minimum Gasteiger partial charge on any atom is -0.354 e. The summed E-state index contributed by atoms with van der Waals surface area (Å²) < 4.78 is 25.0. The molecule has 5 nitrogen and oxygen atoms in total. The lowest BCUT2D eigenvalue weighted by molar-refractivity contribution is 0.602. The molecule has 1 aliphatic rings. The summed E-state index contributed by atoms with van der Waals surface area (Å²) in [7, 11) is -0.775.